The second-order valence-corrected chi connectivity index (χ2v) is 5.14. The summed E-state index contributed by atoms with van der Waals surface area (Å²) < 4.78 is 5.75. The van der Waals surface area contributed by atoms with E-state index in [1.165, 1.54) is 0 Å². The second kappa shape index (κ2) is 7.36. The van der Waals surface area contributed by atoms with Crippen LogP contribution < -0.4 is 0 Å². The van der Waals surface area contributed by atoms with Gasteiger partial charge in [0.05, 0.1) is 6.54 Å². The van der Waals surface area contributed by atoms with Crippen LogP contribution in [0.4, 0.5) is 0 Å². The minimum absolute atomic E-state index is 0.424. The fraction of sp³-hybridized carbons (Fsp3) is 0.235. The Balaban J connectivity index is 2.16. The topological polar surface area (TPSA) is 21.6 Å². The first-order chi connectivity index (χ1) is 9.80. The molecule has 0 amide bonds. The smallest absolute Gasteiger partial charge is 0.122 e. The van der Waals surface area contributed by atoms with E-state index in [9.17, 15) is 0 Å². The zero-order chi connectivity index (χ0) is 14.3. The number of benzene rings is 2. The number of hydrogen-bond donors (Lipinski definition) is 0. The van der Waals surface area contributed by atoms with Gasteiger partial charge in [0.15, 0.2) is 0 Å². The number of nitrogens with zero attached hydrogens (tertiary/aromatic N) is 1. The predicted octanol–water partition coefficient (Wildman–Crippen LogP) is 4.04. The van der Waals surface area contributed by atoms with E-state index in [0.29, 0.717) is 11.9 Å². The van der Waals surface area contributed by atoms with Crippen molar-refractivity contribution in [2.45, 2.75) is 5.60 Å². The highest BCUT2D eigenvalue weighted by atomic mass is 79.9. The molecule has 0 aromatic heterocycles. The van der Waals surface area contributed by atoms with Crippen molar-refractivity contribution in [1.29, 1.82) is 0 Å². The lowest BCUT2D eigenvalue weighted by atomic mass is 9.96. The third-order valence-electron chi connectivity index (χ3n) is 3.29. The molecule has 104 valence electrons. The molecule has 0 heterocycles. The Morgan fingerprint density at radius 3 is 2.20 bits per heavy atom. The molecule has 2 aromatic rings. The van der Waals surface area contributed by atoms with E-state index in [1.54, 1.807) is 7.11 Å². The quantitative estimate of drug-likeness (QED) is 0.578. The summed E-state index contributed by atoms with van der Waals surface area (Å²) in [6.45, 7) is 0.577. The normalized spacial score (nSPS) is 14.3. The Hall–Kier alpha value is -1.45. The maximum absolute atomic E-state index is 5.75. The lowest BCUT2D eigenvalue weighted by Gasteiger charge is -2.29. The fourth-order valence-electron chi connectivity index (χ4n) is 2.03. The largest absolute Gasteiger partial charge is 0.371 e. The van der Waals surface area contributed by atoms with Gasteiger partial charge < -0.3 is 4.74 Å². The summed E-state index contributed by atoms with van der Waals surface area (Å²) in [7, 11) is 1.73. The van der Waals surface area contributed by atoms with E-state index in [1.807, 2.05) is 54.7 Å². The van der Waals surface area contributed by atoms with Gasteiger partial charge in [-0.05, 0) is 11.1 Å². The first-order valence-corrected chi connectivity index (χ1v) is 7.64. The first-order valence-electron chi connectivity index (χ1n) is 6.52. The average Bonchev–Trinajstić information content (AvgIpc) is 2.54. The Labute approximate surface area is 128 Å². The second-order valence-electron chi connectivity index (χ2n) is 4.58. The maximum atomic E-state index is 5.75. The van der Waals surface area contributed by atoms with Crippen LogP contribution in [0.5, 0.6) is 0 Å². The molecule has 0 bridgehead atoms. The minimum Gasteiger partial charge on any atom is -0.371 e. The van der Waals surface area contributed by atoms with Crippen molar-refractivity contribution in [3.8, 4) is 0 Å². The third-order valence-corrected chi connectivity index (χ3v) is 4.20. The molecule has 20 heavy (non-hydrogen) atoms. The number of methoxy groups -OCH3 is 1. The van der Waals surface area contributed by atoms with E-state index in [2.05, 4.69) is 33.1 Å². The monoisotopic (exact) mass is 331 g/mol. The third kappa shape index (κ3) is 3.56. The van der Waals surface area contributed by atoms with Crippen LogP contribution in [0.15, 0.2) is 65.7 Å². The zero-order valence-corrected chi connectivity index (χ0v) is 13.1. The highest BCUT2D eigenvalue weighted by Gasteiger charge is 2.30. The van der Waals surface area contributed by atoms with Crippen molar-refractivity contribution < 1.29 is 4.74 Å². The number of halogens is 1. The van der Waals surface area contributed by atoms with Crippen molar-refractivity contribution >= 4 is 22.1 Å². The fourth-order valence-corrected chi connectivity index (χ4v) is 2.76. The van der Waals surface area contributed by atoms with Crippen molar-refractivity contribution in [3.05, 3.63) is 71.8 Å². The Morgan fingerprint density at radius 1 is 1.05 bits per heavy atom. The number of ether oxygens (including phenoxy) is 1. The maximum Gasteiger partial charge on any atom is 0.122 e. The van der Waals surface area contributed by atoms with Gasteiger partial charge >= 0.3 is 0 Å². The van der Waals surface area contributed by atoms with E-state index in [0.717, 1.165) is 11.1 Å². The molecule has 2 rings (SSSR count). The van der Waals surface area contributed by atoms with Gasteiger partial charge in [-0.3, -0.25) is 4.99 Å². The molecule has 1 atom stereocenters. The highest BCUT2D eigenvalue weighted by Crippen LogP contribution is 2.27. The molecule has 0 aliphatic carbocycles. The van der Waals surface area contributed by atoms with Crippen LogP contribution >= 0.6 is 15.9 Å². The van der Waals surface area contributed by atoms with Crippen LogP contribution in [0.2, 0.25) is 0 Å². The Bertz CT molecular complexity index is 535. The van der Waals surface area contributed by atoms with Gasteiger partial charge in [-0.1, -0.05) is 76.6 Å². The number of aliphatic imine (C=N–C) groups is 1. The van der Waals surface area contributed by atoms with Gasteiger partial charge in [0.25, 0.3) is 0 Å². The standard InChI is InChI=1S/C17H18BrNO/c1-20-17(13-18,16-10-6-3-7-11-16)14-19-12-15-8-4-2-5-9-15/h2-12H,13-14H2,1H3. The van der Waals surface area contributed by atoms with Gasteiger partial charge in [-0.2, -0.15) is 0 Å². The molecule has 0 saturated carbocycles. The summed E-state index contributed by atoms with van der Waals surface area (Å²) >= 11 is 3.56. The lowest BCUT2D eigenvalue weighted by molar-refractivity contribution is 0.0162. The molecular weight excluding hydrogens is 314 g/mol. The number of alkyl halides is 1. The molecular formula is C17H18BrNO. The summed E-state index contributed by atoms with van der Waals surface area (Å²) in [4.78, 5) is 4.55. The highest BCUT2D eigenvalue weighted by molar-refractivity contribution is 9.09. The Morgan fingerprint density at radius 2 is 1.65 bits per heavy atom. The van der Waals surface area contributed by atoms with E-state index in [-0.39, 0.29) is 0 Å². The van der Waals surface area contributed by atoms with Gasteiger partial charge in [0.2, 0.25) is 0 Å². The van der Waals surface area contributed by atoms with E-state index in [4.69, 9.17) is 4.74 Å². The molecule has 3 heteroatoms. The predicted molar refractivity (Wildman–Crippen MR) is 87.8 cm³/mol. The molecule has 0 aliphatic rings. The summed E-state index contributed by atoms with van der Waals surface area (Å²) in [5.74, 6) is 0. The van der Waals surface area contributed by atoms with Gasteiger partial charge in [0.1, 0.15) is 5.60 Å². The molecule has 0 spiro atoms. The number of hydrogen-bond acceptors (Lipinski definition) is 2. The lowest BCUT2D eigenvalue weighted by Crippen LogP contribution is -2.34. The molecule has 0 fully saturated rings. The van der Waals surface area contributed by atoms with Crippen LogP contribution in [0.25, 0.3) is 0 Å². The molecule has 2 aromatic carbocycles. The summed E-state index contributed by atoms with van der Waals surface area (Å²) in [6, 6.07) is 20.3. The minimum atomic E-state index is -0.424. The molecule has 0 radical (unpaired) electrons. The van der Waals surface area contributed by atoms with Crippen molar-refractivity contribution in [1.82, 2.24) is 0 Å². The van der Waals surface area contributed by atoms with Crippen LogP contribution in [-0.4, -0.2) is 25.2 Å². The van der Waals surface area contributed by atoms with Crippen LogP contribution in [0.1, 0.15) is 11.1 Å². The van der Waals surface area contributed by atoms with Gasteiger partial charge in [-0.15, -0.1) is 0 Å². The first kappa shape index (κ1) is 14.9. The molecule has 1 unspecified atom stereocenters. The van der Waals surface area contributed by atoms with E-state index >= 15 is 0 Å². The average molecular weight is 332 g/mol. The summed E-state index contributed by atoms with van der Waals surface area (Å²) in [5.41, 5.74) is 1.80. The van der Waals surface area contributed by atoms with Gasteiger partial charge in [-0.25, -0.2) is 0 Å². The van der Waals surface area contributed by atoms with Crippen LogP contribution in [0, 0.1) is 0 Å². The van der Waals surface area contributed by atoms with Crippen LogP contribution in [0.3, 0.4) is 0 Å². The van der Waals surface area contributed by atoms with E-state index < -0.39 is 5.60 Å². The molecule has 0 aliphatic heterocycles. The molecule has 0 N–H and O–H groups in total. The molecule has 0 saturated heterocycles. The summed E-state index contributed by atoms with van der Waals surface area (Å²) in [5, 5.41) is 0.701. The summed E-state index contributed by atoms with van der Waals surface area (Å²) in [6.07, 6.45) is 1.89. The van der Waals surface area contributed by atoms with Crippen LogP contribution in [-0.2, 0) is 10.3 Å². The van der Waals surface area contributed by atoms with Crippen molar-refractivity contribution in [2.75, 3.05) is 19.0 Å². The SMILES string of the molecule is COC(CBr)(CN=Cc1ccccc1)c1ccccc1. The van der Waals surface area contributed by atoms with Crippen molar-refractivity contribution in [2.24, 2.45) is 4.99 Å². The van der Waals surface area contributed by atoms with Gasteiger partial charge in [0, 0.05) is 18.7 Å². The zero-order valence-electron chi connectivity index (χ0n) is 11.5. The van der Waals surface area contributed by atoms with Crippen molar-refractivity contribution in [3.63, 3.8) is 0 Å². The number of rotatable bonds is 6. The molecule has 2 nitrogen and oxygen atoms in total. The Kier molecular flexibility index (Phi) is 5.50.